The van der Waals surface area contributed by atoms with Crippen molar-refractivity contribution in [3.05, 3.63) is 29.8 Å². The summed E-state index contributed by atoms with van der Waals surface area (Å²) in [5, 5.41) is 8.94. The Bertz CT molecular complexity index is 208. The zero-order valence-electron chi connectivity index (χ0n) is 6.03. The highest BCUT2D eigenvalue weighted by molar-refractivity contribution is 7.75. The van der Waals surface area contributed by atoms with Crippen molar-refractivity contribution in [2.75, 3.05) is 6.61 Å². The van der Waals surface area contributed by atoms with Crippen molar-refractivity contribution in [1.29, 1.82) is 0 Å². The Kier molecular flexibility index (Phi) is 3.26. The Hall–Kier alpha value is -0.670. The first-order valence-corrected chi connectivity index (χ1v) is 3.73. The van der Waals surface area contributed by atoms with Crippen LogP contribution in [0.25, 0.3) is 0 Å². The molecule has 0 bridgehead atoms. The Morgan fingerprint density at radius 3 is 2.45 bits per heavy atom. The number of rotatable bonds is 3. The molecule has 0 aliphatic rings. The molecule has 0 fully saturated rings. The first-order valence-electron chi connectivity index (χ1n) is 3.37. The molecule has 0 saturated heterocycles. The minimum absolute atomic E-state index is 0.292. The van der Waals surface area contributed by atoms with Gasteiger partial charge in [0.15, 0.2) is 0 Å². The Morgan fingerprint density at radius 2 is 1.91 bits per heavy atom. The number of phenolic OH excluding ortho intramolecular Hbond substituents is 1. The van der Waals surface area contributed by atoms with Crippen molar-refractivity contribution < 1.29 is 9.29 Å². The van der Waals surface area contributed by atoms with E-state index in [1.54, 1.807) is 12.1 Å². The first kappa shape index (κ1) is 8.43. The molecule has 1 aromatic carbocycles. The standard InChI is InChI=1S/C8H10O2S/c9-8-3-1-7(2-4-8)5-6-10-11/h1-4,9,11H,5-6H2. The molecule has 1 N–H and O–H groups in total. The van der Waals surface area contributed by atoms with Gasteiger partial charge in [-0.05, 0) is 37.0 Å². The monoisotopic (exact) mass is 170 g/mol. The molecule has 1 rings (SSSR count). The van der Waals surface area contributed by atoms with E-state index in [1.165, 1.54) is 0 Å². The predicted molar refractivity (Wildman–Crippen MR) is 46.7 cm³/mol. The summed E-state index contributed by atoms with van der Waals surface area (Å²) in [4.78, 5) is 0. The number of aromatic hydroxyl groups is 1. The van der Waals surface area contributed by atoms with E-state index < -0.39 is 0 Å². The molecule has 0 radical (unpaired) electrons. The van der Waals surface area contributed by atoms with Crippen LogP contribution in [0.3, 0.4) is 0 Å². The number of hydrogen-bond acceptors (Lipinski definition) is 3. The van der Waals surface area contributed by atoms with Crippen LogP contribution in [-0.4, -0.2) is 11.7 Å². The molecule has 0 amide bonds. The molecule has 0 aliphatic heterocycles. The SMILES string of the molecule is Oc1ccc(CCOS)cc1. The topological polar surface area (TPSA) is 29.5 Å². The second-order valence-electron chi connectivity index (χ2n) is 2.25. The van der Waals surface area contributed by atoms with Crippen LogP contribution >= 0.6 is 12.9 Å². The molecule has 0 saturated carbocycles. The van der Waals surface area contributed by atoms with Crippen molar-refractivity contribution in [3.63, 3.8) is 0 Å². The maximum atomic E-state index is 8.94. The molecule has 0 heterocycles. The fourth-order valence-corrected chi connectivity index (χ4v) is 0.917. The van der Waals surface area contributed by atoms with Crippen molar-refractivity contribution in [2.24, 2.45) is 0 Å². The molecule has 0 aliphatic carbocycles. The van der Waals surface area contributed by atoms with Crippen LogP contribution in [0.15, 0.2) is 24.3 Å². The summed E-state index contributed by atoms with van der Waals surface area (Å²) >= 11 is 3.62. The fourth-order valence-electron chi connectivity index (χ4n) is 0.826. The number of phenols is 1. The van der Waals surface area contributed by atoms with Gasteiger partial charge >= 0.3 is 0 Å². The first-order chi connectivity index (χ1) is 5.33. The summed E-state index contributed by atoms with van der Waals surface area (Å²) in [6.07, 6.45) is 0.823. The zero-order valence-corrected chi connectivity index (χ0v) is 6.92. The van der Waals surface area contributed by atoms with Crippen molar-refractivity contribution in [1.82, 2.24) is 0 Å². The summed E-state index contributed by atoms with van der Waals surface area (Å²) < 4.78 is 4.61. The second-order valence-corrected chi connectivity index (χ2v) is 2.51. The lowest BCUT2D eigenvalue weighted by molar-refractivity contribution is 0.386. The summed E-state index contributed by atoms with van der Waals surface area (Å²) in [7, 11) is 0. The molecule has 60 valence electrons. The van der Waals surface area contributed by atoms with Crippen LogP contribution in [0, 0.1) is 0 Å². The van der Waals surface area contributed by atoms with Gasteiger partial charge in [0.05, 0.1) is 6.61 Å². The Labute approximate surface area is 71.4 Å². The van der Waals surface area contributed by atoms with E-state index in [0.29, 0.717) is 12.4 Å². The van der Waals surface area contributed by atoms with E-state index in [4.69, 9.17) is 5.11 Å². The molecular weight excluding hydrogens is 160 g/mol. The molecule has 0 spiro atoms. The van der Waals surface area contributed by atoms with Crippen molar-refractivity contribution in [2.45, 2.75) is 6.42 Å². The average molecular weight is 170 g/mol. The molecule has 0 aromatic heterocycles. The normalized spacial score (nSPS) is 9.91. The van der Waals surface area contributed by atoms with Gasteiger partial charge in [0.2, 0.25) is 0 Å². The molecule has 0 atom stereocenters. The third-order valence-corrected chi connectivity index (χ3v) is 1.60. The maximum absolute atomic E-state index is 8.94. The fraction of sp³-hybridized carbons (Fsp3) is 0.250. The zero-order chi connectivity index (χ0) is 8.10. The largest absolute Gasteiger partial charge is 0.508 e. The quantitative estimate of drug-likeness (QED) is 0.535. The van der Waals surface area contributed by atoms with Gasteiger partial charge in [-0.15, -0.1) is 0 Å². The smallest absolute Gasteiger partial charge is 0.115 e. The van der Waals surface area contributed by atoms with Gasteiger partial charge in [-0.2, -0.15) is 0 Å². The minimum atomic E-state index is 0.292. The molecular formula is C8H10O2S. The van der Waals surface area contributed by atoms with E-state index in [2.05, 4.69) is 17.1 Å². The van der Waals surface area contributed by atoms with E-state index in [9.17, 15) is 0 Å². The Balaban J connectivity index is 2.52. The van der Waals surface area contributed by atoms with Gasteiger partial charge in [-0.25, -0.2) is 0 Å². The van der Waals surface area contributed by atoms with Gasteiger partial charge in [-0.1, -0.05) is 12.1 Å². The number of hydrogen-bond donors (Lipinski definition) is 2. The third-order valence-electron chi connectivity index (χ3n) is 1.42. The molecule has 3 heteroatoms. The Morgan fingerprint density at radius 1 is 1.27 bits per heavy atom. The van der Waals surface area contributed by atoms with Crippen LogP contribution in [-0.2, 0) is 10.6 Å². The third kappa shape index (κ3) is 2.82. The van der Waals surface area contributed by atoms with Gasteiger partial charge in [0.25, 0.3) is 0 Å². The van der Waals surface area contributed by atoms with Crippen molar-refractivity contribution in [3.8, 4) is 5.75 Å². The highest BCUT2D eigenvalue weighted by atomic mass is 32.1. The van der Waals surface area contributed by atoms with Crippen molar-refractivity contribution >= 4 is 12.9 Å². The van der Waals surface area contributed by atoms with Crippen LogP contribution in [0.5, 0.6) is 5.75 Å². The second kappa shape index (κ2) is 4.26. The lowest BCUT2D eigenvalue weighted by Crippen LogP contribution is -1.90. The number of thiol groups is 1. The average Bonchev–Trinajstić information content (AvgIpc) is 2.04. The van der Waals surface area contributed by atoms with E-state index in [-0.39, 0.29) is 0 Å². The highest BCUT2D eigenvalue weighted by Gasteiger charge is 1.91. The van der Waals surface area contributed by atoms with Crippen LogP contribution in [0.4, 0.5) is 0 Å². The van der Waals surface area contributed by atoms with Gasteiger partial charge in [0, 0.05) is 0 Å². The van der Waals surface area contributed by atoms with E-state index in [1.807, 2.05) is 12.1 Å². The summed E-state index contributed by atoms with van der Waals surface area (Å²) in [5.74, 6) is 0.292. The highest BCUT2D eigenvalue weighted by Crippen LogP contribution is 2.09. The summed E-state index contributed by atoms with van der Waals surface area (Å²) in [6, 6.07) is 7.05. The van der Waals surface area contributed by atoms with Crippen LogP contribution in [0.2, 0.25) is 0 Å². The number of benzene rings is 1. The predicted octanol–water partition coefficient (Wildman–Crippen LogP) is 1.80. The minimum Gasteiger partial charge on any atom is -0.508 e. The van der Waals surface area contributed by atoms with Crippen LogP contribution < -0.4 is 0 Å². The lowest BCUT2D eigenvalue weighted by atomic mass is 10.2. The molecule has 11 heavy (non-hydrogen) atoms. The molecule has 0 unspecified atom stereocenters. The van der Waals surface area contributed by atoms with Gasteiger partial charge < -0.3 is 9.29 Å². The van der Waals surface area contributed by atoms with E-state index in [0.717, 1.165) is 12.0 Å². The van der Waals surface area contributed by atoms with E-state index >= 15 is 0 Å². The summed E-state index contributed by atoms with van der Waals surface area (Å²) in [5.41, 5.74) is 1.14. The molecule has 1 aromatic rings. The molecule has 2 nitrogen and oxygen atoms in total. The van der Waals surface area contributed by atoms with Gasteiger partial charge in [-0.3, -0.25) is 0 Å². The summed E-state index contributed by atoms with van der Waals surface area (Å²) in [6.45, 7) is 0.591. The van der Waals surface area contributed by atoms with Crippen LogP contribution in [0.1, 0.15) is 5.56 Å². The lowest BCUT2D eigenvalue weighted by Gasteiger charge is -1.98. The van der Waals surface area contributed by atoms with Gasteiger partial charge in [0.1, 0.15) is 5.75 Å². The maximum Gasteiger partial charge on any atom is 0.115 e.